The number of rotatable bonds is 3. The molecule has 9 heteroatoms. The summed E-state index contributed by atoms with van der Waals surface area (Å²) in [6, 6.07) is 4.42. The van der Waals surface area contributed by atoms with Gasteiger partial charge in [-0.25, -0.2) is 4.39 Å². The number of H-pyrrole nitrogens is 1. The number of amides is 2. The van der Waals surface area contributed by atoms with E-state index >= 15 is 0 Å². The average Bonchev–Trinajstić information content (AvgIpc) is 2.69. The van der Waals surface area contributed by atoms with Gasteiger partial charge in [0, 0.05) is 19.5 Å². The number of nitrogens with zero attached hydrogens (tertiary/aromatic N) is 2. The van der Waals surface area contributed by atoms with Crippen molar-refractivity contribution in [1.82, 2.24) is 9.97 Å². The maximum absolute atomic E-state index is 14.1. The first-order chi connectivity index (χ1) is 14.3. The summed E-state index contributed by atoms with van der Waals surface area (Å²) in [5, 5.41) is 5.10. The number of benzene rings is 1. The maximum Gasteiger partial charge on any atom is 0.258 e. The molecule has 0 spiro atoms. The molecule has 158 valence electrons. The lowest BCUT2D eigenvalue weighted by molar-refractivity contribution is -0.123. The Morgan fingerprint density at radius 2 is 2.00 bits per heavy atom. The van der Waals surface area contributed by atoms with Gasteiger partial charge in [-0.3, -0.25) is 19.4 Å². The van der Waals surface area contributed by atoms with Crippen molar-refractivity contribution in [3.05, 3.63) is 45.5 Å². The van der Waals surface area contributed by atoms with E-state index in [1.54, 1.807) is 13.0 Å². The molecule has 0 radical (unpaired) electrons. The van der Waals surface area contributed by atoms with E-state index < -0.39 is 29.1 Å². The molecule has 0 saturated carbocycles. The molecule has 2 aliphatic rings. The van der Waals surface area contributed by atoms with Crippen LogP contribution >= 0.6 is 0 Å². The quantitative estimate of drug-likeness (QED) is 0.717. The highest BCUT2D eigenvalue weighted by molar-refractivity contribution is 6.04. The zero-order valence-electron chi connectivity index (χ0n) is 16.9. The molecule has 8 nitrogen and oxygen atoms in total. The van der Waals surface area contributed by atoms with E-state index in [-0.39, 0.29) is 23.5 Å². The number of aromatic nitrogens is 2. The second-order valence-corrected chi connectivity index (χ2v) is 8.10. The highest BCUT2D eigenvalue weighted by atomic mass is 19.1. The summed E-state index contributed by atoms with van der Waals surface area (Å²) in [5.41, 5.74) is 0.335. The molecule has 30 heavy (non-hydrogen) atoms. The van der Waals surface area contributed by atoms with Gasteiger partial charge in [0.1, 0.15) is 11.6 Å². The number of fused-ring (bicyclic) bond motifs is 1. The highest BCUT2D eigenvalue weighted by Crippen LogP contribution is 2.31. The van der Waals surface area contributed by atoms with Crippen LogP contribution in [0.2, 0.25) is 0 Å². The summed E-state index contributed by atoms with van der Waals surface area (Å²) in [4.78, 5) is 47.1. The van der Waals surface area contributed by atoms with Crippen LogP contribution in [0, 0.1) is 18.7 Å². The van der Waals surface area contributed by atoms with Crippen LogP contribution in [-0.4, -0.2) is 34.9 Å². The summed E-state index contributed by atoms with van der Waals surface area (Å²) in [5.74, 6) is -1.58. The van der Waals surface area contributed by atoms with Gasteiger partial charge in [-0.1, -0.05) is 13.0 Å². The molecule has 1 fully saturated rings. The average molecular weight is 413 g/mol. The lowest BCUT2D eigenvalue weighted by Gasteiger charge is -2.31. The number of nitrogens with one attached hydrogen (secondary N) is 3. The van der Waals surface area contributed by atoms with E-state index in [0.717, 1.165) is 25.9 Å². The summed E-state index contributed by atoms with van der Waals surface area (Å²) in [6.45, 7) is 5.43. The molecule has 0 bridgehead atoms. The molecule has 3 N–H and O–H groups in total. The maximum atomic E-state index is 14.1. The Kier molecular flexibility index (Phi) is 5.27. The van der Waals surface area contributed by atoms with Crippen molar-refractivity contribution in [2.45, 2.75) is 39.0 Å². The number of hydrogen-bond donors (Lipinski definition) is 3. The fourth-order valence-corrected chi connectivity index (χ4v) is 3.89. The monoisotopic (exact) mass is 413 g/mol. The normalized spacial score (nSPS) is 19.2. The zero-order chi connectivity index (χ0) is 21.4. The first-order valence-electron chi connectivity index (χ1n) is 10.1. The Balaban J connectivity index is 1.63. The van der Waals surface area contributed by atoms with E-state index in [4.69, 9.17) is 0 Å². The van der Waals surface area contributed by atoms with Crippen molar-refractivity contribution in [3.63, 3.8) is 0 Å². The predicted molar refractivity (Wildman–Crippen MR) is 111 cm³/mol. The molecule has 1 atom stereocenters. The van der Waals surface area contributed by atoms with E-state index in [0.29, 0.717) is 17.4 Å². The zero-order valence-corrected chi connectivity index (χ0v) is 16.9. The lowest BCUT2D eigenvalue weighted by atomic mass is 9.92. The lowest BCUT2D eigenvalue weighted by Crippen LogP contribution is -2.39. The van der Waals surface area contributed by atoms with Gasteiger partial charge in [-0.2, -0.15) is 4.98 Å². The summed E-state index contributed by atoms with van der Waals surface area (Å²) >= 11 is 0. The number of piperidine rings is 1. The van der Waals surface area contributed by atoms with Crippen molar-refractivity contribution < 1.29 is 14.0 Å². The van der Waals surface area contributed by atoms with Crippen LogP contribution < -0.4 is 21.1 Å². The Bertz CT molecular complexity index is 1060. The van der Waals surface area contributed by atoms with Gasteiger partial charge in [-0.05, 0) is 43.4 Å². The standard InChI is InChI=1S/C21H24FN5O3/c1-11-5-7-27(8-6-11)21-25-18-17(20(30)26-21)13(10-16(28)24-18)19(29)23-15-4-3-12(2)9-14(15)22/h3-4,9,11,13H,5-8,10H2,1-2H3,(H,23,29)(H2,24,25,26,28,30)/t13-/m1/s1. The van der Waals surface area contributed by atoms with Gasteiger partial charge in [0.05, 0.1) is 17.2 Å². The van der Waals surface area contributed by atoms with Crippen molar-refractivity contribution in [1.29, 1.82) is 0 Å². The molecule has 2 aliphatic heterocycles. The van der Waals surface area contributed by atoms with E-state index in [2.05, 4.69) is 27.5 Å². The van der Waals surface area contributed by atoms with E-state index in [9.17, 15) is 18.8 Å². The third-order valence-corrected chi connectivity index (χ3v) is 5.72. The molecular weight excluding hydrogens is 389 g/mol. The number of anilines is 3. The Morgan fingerprint density at radius 1 is 1.27 bits per heavy atom. The first-order valence-corrected chi connectivity index (χ1v) is 10.1. The van der Waals surface area contributed by atoms with Crippen molar-refractivity contribution in [3.8, 4) is 0 Å². The van der Waals surface area contributed by atoms with Crippen LogP contribution in [0.4, 0.5) is 21.8 Å². The molecule has 1 aromatic carbocycles. The van der Waals surface area contributed by atoms with Crippen molar-refractivity contribution >= 4 is 29.3 Å². The Labute approximate surface area is 172 Å². The fraction of sp³-hybridized carbons (Fsp3) is 0.429. The molecule has 0 aliphatic carbocycles. The second-order valence-electron chi connectivity index (χ2n) is 8.10. The van der Waals surface area contributed by atoms with Gasteiger partial charge >= 0.3 is 0 Å². The largest absolute Gasteiger partial charge is 0.342 e. The molecule has 2 aromatic rings. The number of carbonyl (C=O) groups excluding carboxylic acids is 2. The topological polar surface area (TPSA) is 107 Å². The van der Waals surface area contributed by atoms with Crippen LogP contribution in [0.1, 0.15) is 43.2 Å². The molecule has 4 rings (SSSR count). The van der Waals surface area contributed by atoms with Crippen molar-refractivity contribution in [2.75, 3.05) is 28.6 Å². The van der Waals surface area contributed by atoms with Crippen LogP contribution in [0.3, 0.4) is 0 Å². The number of aromatic amines is 1. The SMILES string of the molecule is Cc1ccc(NC(=O)[C@@H]2CC(=O)Nc3nc(N4CCC(C)CC4)[nH]c(=O)c32)c(F)c1. The summed E-state index contributed by atoms with van der Waals surface area (Å²) in [6.07, 6.45) is 1.76. The molecule has 2 amide bonds. The van der Waals surface area contributed by atoms with Crippen LogP contribution in [-0.2, 0) is 9.59 Å². The molecule has 1 saturated heterocycles. The third-order valence-electron chi connectivity index (χ3n) is 5.72. The smallest absolute Gasteiger partial charge is 0.258 e. The van der Waals surface area contributed by atoms with Crippen molar-refractivity contribution in [2.24, 2.45) is 5.92 Å². The van der Waals surface area contributed by atoms with E-state index in [1.807, 2.05) is 4.90 Å². The van der Waals surface area contributed by atoms with Gasteiger partial charge in [0.15, 0.2) is 0 Å². The second kappa shape index (κ2) is 7.89. The van der Waals surface area contributed by atoms with Gasteiger partial charge in [-0.15, -0.1) is 0 Å². The van der Waals surface area contributed by atoms with Crippen LogP contribution in [0.25, 0.3) is 0 Å². The van der Waals surface area contributed by atoms with E-state index in [1.165, 1.54) is 12.1 Å². The highest BCUT2D eigenvalue weighted by Gasteiger charge is 2.35. The first kappa shape index (κ1) is 20.1. The molecular formula is C21H24FN5O3. The Morgan fingerprint density at radius 3 is 2.70 bits per heavy atom. The summed E-state index contributed by atoms with van der Waals surface area (Å²) < 4.78 is 14.1. The van der Waals surface area contributed by atoms with Crippen LogP contribution in [0.15, 0.2) is 23.0 Å². The van der Waals surface area contributed by atoms with Crippen LogP contribution in [0.5, 0.6) is 0 Å². The van der Waals surface area contributed by atoms with Gasteiger partial charge in [0.25, 0.3) is 5.56 Å². The number of hydrogen-bond acceptors (Lipinski definition) is 5. The number of aryl methyl sites for hydroxylation is 1. The number of carbonyl (C=O) groups is 2. The molecule has 3 heterocycles. The molecule has 0 unspecified atom stereocenters. The number of halogens is 1. The minimum atomic E-state index is -1.05. The predicted octanol–water partition coefficient (Wildman–Crippen LogP) is 2.52. The minimum absolute atomic E-state index is 0.00146. The summed E-state index contributed by atoms with van der Waals surface area (Å²) in [7, 11) is 0. The fourth-order valence-electron chi connectivity index (χ4n) is 3.89. The Hall–Kier alpha value is -3.23. The third kappa shape index (κ3) is 3.92. The van der Waals surface area contributed by atoms with Gasteiger partial charge in [0.2, 0.25) is 17.8 Å². The molecule has 1 aromatic heterocycles. The van der Waals surface area contributed by atoms with Gasteiger partial charge < -0.3 is 15.5 Å². The minimum Gasteiger partial charge on any atom is -0.342 e.